The number of rotatable bonds is 6. The smallest absolute Gasteiger partial charge is 0.337 e. The molecule has 0 bridgehead atoms. The van der Waals surface area contributed by atoms with Crippen LogP contribution in [0.5, 0.6) is 5.75 Å². The third-order valence-corrected chi connectivity index (χ3v) is 6.01. The highest BCUT2D eigenvalue weighted by Crippen LogP contribution is 2.29. The average molecular weight is 446 g/mol. The summed E-state index contributed by atoms with van der Waals surface area (Å²) in [5, 5.41) is 22.7. The van der Waals surface area contributed by atoms with Gasteiger partial charge >= 0.3 is 5.97 Å². The highest BCUT2D eigenvalue weighted by Gasteiger charge is 2.20. The van der Waals surface area contributed by atoms with Gasteiger partial charge in [-0.05, 0) is 48.0 Å². The number of carboxylic acid groups (broad SMARTS) is 1. The molecule has 0 aromatic heterocycles. The largest absolute Gasteiger partial charge is 0.507 e. The topological polar surface area (TPSA) is 93.1 Å². The molecule has 3 aromatic rings. The SMILES string of the molecule is CCN1CCN(c2ccc(O)c(C(=O)Nc3cc(-c4ccccc4)ccc3C(=O)O)c2)CC1. The molecule has 0 unspecified atom stereocenters. The van der Waals surface area contributed by atoms with Crippen LogP contribution in [0.4, 0.5) is 11.4 Å². The monoisotopic (exact) mass is 445 g/mol. The Bertz CT molecular complexity index is 1160. The van der Waals surface area contributed by atoms with E-state index in [0.29, 0.717) is 0 Å². The quantitative estimate of drug-likeness (QED) is 0.528. The van der Waals surface area contributed by atoms with Gasteiger partial charge in [-0.25, -0.2) is 4.79 Å². The van der Waals surface area contributed by atoms with Crippen LogP contribution in [-0.4, -0.2) is 59.7 Å². The lowest BCUT2D eigenvalue weighted by atomic mass is 10.0. The summed E-state index contributed by atoms with van der Waals surface area (Å²) in [6.45, 7) is 6.69. The first-order valence-corrected chi connectivity index (χ1v) is 11.0. The van der Waals surface area contributed by atoms with Crippen LogP contribution in [0.1, 0.15) is 27.6 Å². The molecule has 0 radical (unpaired) electrons. The lowest BCUT2D eigenvalue weighted by molar-refractivity contribution is 0.0698. The number of hydrogen-bond donors (Lipinski definition) is 3. The number of piperazine rings is 1. The Morgan fingerprint density at radius 3 is 2.27 bits per heavy atom. The van der Waals surface area contributed by atoms with Crippen LogP contribution in [0, 0.1) is 0 Å². The van der Waals surface area contributed by atoms with Crippen molar-refractivity contribution in [1.82, 2.24) is 4.90 Å². The molecule has 170 valence electrons. The maximum absolute atomic E-state index is 13.1. The van der Waals surface area contributed by atoms with Gasteiger partial charge in [0, 0.05) is 31.9 Å². The molecular formula is C26H27N3O4. The summed E-state index contributed by atoms with van der Waals surface area (Å²) in [6.07, 6.45) is 0. The Labute approximate surface area is 192 Å². The second kappa shape index (κ2) is 9.75. The summed E-state index contributed by atoms with van der Waals surface area (Å²) in [5.74, 6) is -1.86. The normalized spacial score (nSPS) is 14.2. The second-order valence-electron chi connectivity index (χ2n) is 8.01. The lowest BCUT2D eigenvalue weighted by Gasteiger charge is -2.35. The molecule has 0 spiro atoms. The zero-order chi connectivity index (χ0) is 23.4. The van der Waals surface area contributed by atoms with Gasteiger partial charge in [0.25, 0.3) is 5.91 Å². The third-order valence-electron chi connectivity index (χ3n) is 6.01. The summed E-state index contributed by atoms with van der Waals surface area (Å²) in [4.78, 5) is 29.4. The minimum atomic E-state index is -1.14. The van der Waals surface area contributed by atoms with Crippen LogP contribution in [-0.2, 0) is 0 Å². The third kappa shape index (κ3) is 4.99. The number of likely N-dealkylation sites (N-methyl/N-ethyl adjacent to an activating group) is 1. The van der Waals surface area contributed by atoms with Crippen molar-refractivity contribution in [3.8, 4) is 16.9 Å². The minimum absolute atomic E-state index is 0.0191. The van der Waals surface area contributed by atoms with E-state index in [1.54, 1.807) is 24.3 Å². The van der Waals surface area contributed by atoms with E-state index in [2.05, 4.69) is 22.0 Å². The van der Waals surface area contributed by atoms with Crippen molar-refractivity contribution in [2.24, 2.45) is 0 Å². The maximum Gasteiger partial charge on any atom is 0.337 e. The summed E-state index contributed by atoms with van der Waals surface area (Å²) < 4.78 is 0. The predicted octanol–water partition coefficient (Wildman–Crippen LogP) is 4.15. The molecule has 7 heteroatoms. The van der Waals surface area contributed by atoms with Crippen LogP contribution in [0.15, 0.2) is 66.7 Å². The van der Waals surface area contributed by atoms with Crippen LogP contribution in [0.2, 0.25) is 0 Å². The van der Waals surface area contributed by atoms with Crippen molar-refractivity contribution in [3.05, 3.63) is 77.9 Å². The Morgan fingerprint density at radius 1 is 0.879 bits per heavy atom. The number of amides is 1. The van der Waals surface area contributed by atoms with Crippen molar-refractivity contribution in [3.63, 3.8) is 0 Å². The van der Waals surface area contributed by atoms with E-state index in [-0.39, 0.29) is 22.6 Å². The zero-order valence-corrected chi connectivity index (χ0v) is 18.5. The first-order valence-electron chi connectivity index (χ1n) is 11.0. The number of nitrogens with zero attached hydrogens (tertiary/aromatic N) is 2. The highest BCUT2D eigenvalue weighted by molar-refractivity contribution is 6.10. The van der Waals surface area contributed by atoms with E-state index in [0.717, 1.165) is 49.5 Å². The zero-order valence-electron chi connectivity index (χ0n) is 18.5. The van der Waals surface area contributed by atoms with Gasteiger partial charge in [-0.15, -0.1) is 0 Å². The molecule has 33 heavy (non-hydrogen) atoms. The number of carboxylic acids is 1. The van der Waals surface area contributed by atoms with Gasteiger partial charge in [0.15, 0.2) is 0 Å². The number of aromatic carboxylic acids is 1. The summed E-state index contributed by atoms with van der Waals surface area (Å²) in [6, 6.07) is 19.3. The van der Waals surface area contributed by atoms with Gasteiger partial charge in [0.2, 0.25) is 0 Å². The van der Waals surface area contributed by atoms with Gasteiger partial charge in [-0.2, -0.15) is 0 Å². The molecule has 3 N–H and O–H groups in total. The number of phenols is 1. The van der Waals surface area contributed by atoms with Crippen molar-refractivity contribution >= 4 is 23.3 Å². The van der Waals surface area contributed by atoms with Gasteiger partial charge in [0.05, 0.1) is 16.8 Å². The van der Waals surface area contributed by atoms with Crippen LogP contribution in [0.3, 0.4) is 0 Å². The molecular weight excluding hydrogens is 418 g/mol. The molecule has 1 fully saturated rings. The first kappa shape index (κ1) is 22.4. The Morgan fingerprint density at radius 2 is 1.61 bits per heavy atom. The lowest BCUT2D eigenvalue weighted by Crippen LogP contribution is -2.46. The number of benzene rings is 3. The molecule has 7 nitrogen and oxygen atoms in total. The van der Waals surface area contributed by atoms with Gasteiger partial charge in [0.1, 0.15) is 5.75 Å². The molecule has 1 aliphatic heterocycles. The summed E-state index contributed by atoms with van der Waals surface area (Å²) in [7, 11) is 0. The summed E-state index contributed by atoms with van der Waals surface area (Å²) >= 11 is 0. The number of anilines is 2. The molecule has 0 saturated carbocycles. The van der Waals surface area contributed by atoms with Crippen molar-refractivity contribution in [2.45, 2.75) is 6.92 Å². The molecule has 1 amide bonds. The van der Waals surface area contributed by atoms with Crippen molar-refractivity contribution in [2.75, 3.05) is 42.9 Å². The Kier molecular flexibility index (Phi) is 6.60. The van der Waals surface area contributed by atoms with E-state index in [9.17, 15) is 19.8 Å². The van der Waals surface area contributed by atoms with Crippen molar-refractivity contribution < 1.29 is 19.8 Å². The number of carbonyl (C=O) groups excluding carboxylic acids is 1. The first-order chi connectivity index (χ1) is 16.0. The van der Waals surface area contributed by atoms with E-state index in [1.165, 1.54) is 12.1 Å². The van der Waals surface area contributed by atoms with Gasteiger partial charge in [-0.3, -0.25) is 4.79 Å². The molecule has 1 heterocycles. The predicted molar refractivity (Wildman–Crippen MR) is 129 cm³/mol. The fourth-order valence-electron chi connectivity index (χ4n) is 4.06. The van der Waals surface area contributed by atoms with Crippen molar-refractivity contribution in [1.29, 1.82) is 0 Å². The number of nitrogens with one attached hydrogen (secondary N) is 1. The fourth-order valence-corrected chi connectivity index (χ4v) is 4.06. The summed E-state index contributed by atoms with van der Waals surface area (Å²) in [5.41, 5.74) is 2.80. The molecule has 0 atom stereocenters. The molecule has 3 aromatic carbocycles. The fraction of sp³-hybridized carbons (Fsp3) is 0.231. The maximum atomic E-state index is 13.1. The number of carbonyl (C=O) groups is 2. The highest BCUT2D eigenvalue weighted by atomic mass is 16.4. The van der Waals surface area contributed by atoms with Crippen LogP contribution >= 0.6 is 0 Å². The average Bonchev–Trinajstić information content (AvgIpc) is 2.84. The van der Waals surface area contributed by atoms with Gasteiger partial charge in [-0.1, -0.05) is 43.3 Å². The van der Waals surface area contributed by atoms with E-state index >= 15 is 0 Å². The van der Waals surface area contributed by atoms with Crippen LogP contribution < -0.4 is 10.2 Å². The van der Waals surface area contributed by atoms with E-state index in [1.807, 2.05) is 30.3 Å². The molecule has 1 aliphatic rings. The molecule has 1 saturated heterocycles. The second-order valence-corrected chi connectivity index (χ2v) is 8.01. The standard InChI is InChI=1S/C26H27N3O4/c1-2-28-12-14-29(15-13-28)20-9-11-24(30)22(17-20)25(31)27-23-16-19(8-10-21(23)26(32)33)18-6-4-3-5-7-18/h3-11,16-17,30H,2,12-15H2,1H3,(H,27,31)(H,32,33). The van der Waals surface area contributed by atoms with E-state index in [4.69, 9.17) is 0 Å². The molecule has 4 rings (SSSR count). The number of aromatic hydroxyl groups is 1. The van der Waals surface area contributed by atoms with Crippen LogP contribution in [0.25, 0.3) is 11.1 Å². The Hall–Kier alpha value is -3.84. The van der Waals surface area contributed by atoms with Gasteiger partial charge < -0.3 is 25.3 Å². The number of phenolic OH excluding ortho intramolecular Hbond substituents is 1. The number of hydrogen-bond acceptors (Lipinski definition) is 5. The Balaban J connectivity index is 1.61. The molecule has 0 aliphatic carbocycles. The minimum Gasteiger partial charge on any atom is -0.507 e. The van der Waals surface area contributed by atoms with E-state index < -0.39 is 11.9 Å².